The third-order valence-corrected chi connectivity index (χ3v) is 4.95. The minimum Gasteiger partial charge on any atom is -0.382 e. The molecule has 1 aliphatic heterocycles. The SMILES string of the molecule is Cc1cccc(NC(C)CC2CCCCCN2)c1Br. The van der Waals surface area contributed by atoms with Crippen LogP contribution in [0.3, 0.4) is 0 Å². The summed E-state index contributed by atoms with van der Waals surface area (Å²) < 4.78 is 1.19. The van der Waals surface area contributed by atoms with E-state index in [0.29, 0.717) is 12.1 Å². The first kappa shape index (κ1) is 14.9. The van der Waals surface area contributed by atoms with Crippen LogP contribution in [0.25, 0.3) is 0 Å². The minimum atomic E-state index is 0.494. The summed E-state index contributed by atoms with van der Waals surface area (Å²) in [7, 11) is 0. The van der Waals surface area contributed by atoms with Gasteiger partial charge in [0, 0.05) is 22.2 Å². The van der Waals surface area contributed by atoms with Crippen molar-refractivity contribution in [2.45, 2.75) is 58.0 Å². The average Bonchev–Trinajstić information content (AvgIpc) is 2.63. The fraction of sp³-hybridized carbons (Fsp3) is 0.625. The van der Waals surface area contributed by atoms with Gasteiger partial charge in [-0.3, -0.25) is 0 Å². The van der Waals surface area contributed by atoms with E-state index in [9.17, 15) is 0 Å². The van der Waals surface area contributed by atoms with Crippen LogP contribution in [-0.2, 0) is 0 Å². The highest BCUT2D eigenvalue weighted by atomic mass is 79.9. The normalized spacial score (nSPS) is 21.7. The van der Waals surface area contributed by atoms with E-state index in [2.05, 4.69) is 58.6 Å². The Morgan fingerprint density at radius 3 is 3.05 bits per heavy atom. The van der Waals surface area contributed by atoms with Crippen LogP contribution in [0.15, 0.2) is 22.7 Å². The molecule has 2 unspecified atom stereocenters. The summed E-state index contributed by atoms with van der Waals surface area (Å²) in [5.41, 5.74) is 2.49. The quantitative estimate of drug-likeness (QED) is 0.853. The van der Waals surface area contributed by atoms with Crippen LogP contribution in [0.2, 0.25) is 0 Å². The van der Waals surface area contributed by atoms with Gasteiger partial charge in [0.15, 0.2) is 0 Å². The van der Waals surface area contributed by atoms with Gasteiger partial charge < -0.3 is 10.6 Å². The molecule has 0 saturated carbocycles. The predicted octanol–water partition coefficient (Wildman–Crippen LogP) is 4.48. The second kappa shape index (κ2) is 7.30. The maximum absolute atomic E-state index is 3.67. The van der Waals surface area contributed by atoms with Gasteiger partial charge in [0.05, 0.1) is 0 Å². The Kier molecular flexibility index (Phi) is 5.71. The first-order valence-electron chi connectivity index (χ1n) is 7.42. The van der Waals surface area contributed by atoms with Crippen molar-refractivity contribution in [2.24, 2.45) is 0 Å². The molecule has 0 spiro atoms. The molecule has 3 heteroatoms. The predicted molar refractivity (Wildman–Crippen MR) is 86.8 cm³/mol. The molecule has 2 N–H and O–H groups in total. The Balaban J connectivity index is 1.89. The molecule has 1 aromatic rings. The fourth-order valence-corrected chi connectivity index (χ4v) is 3.19. The highest BCUT2D eigenvalue weighted by Crippen LogP contribution is 2.27. The van der Waals surface area contributed by atoms with Gasteiger partial charge in [-0.05, 0) is 67.2 Å². The van der Waals surface area contributed by atoms with E-state index < -0.39 is 0 Å². The first-order valence-corrected chi connectivity index (χ1v) is 8.21. The van der Waals surface area contributed by atoms with Crippen LogP contribution in [-0.4, -0.2) is 18.6 Å². The molecule has 0 amide bonds. The summed E-state index contributed by atoms with van der Waals surface area (Å²) in [6.45, 7) is 5.60. The van der Waals surface area contributed by atoms with E-state index in [0.717, 1.165) is 0 Å². The molecule has 1 saturated heterocycles. The summed E-state index contributed by atoms with van der Waals surface area (Å²) in [4.78, 5) is 0. The molecule has 0 bridgehead atoms. The molecule has 2 rings (SSSR count). The number of aryl methyl sites for hydroxylation is 1. The van der Waals surface area contributed by atoms with E-state index in [1.807, 2.05) is 0 Å². The fourth-order valence-electron chi connectivity index (χ4n) is 2.81. The zero-order valence-corrected chi connectivity index (χ0v) is 13.6. The maximum Gasteiger partial charge on any atom is 0.0489 e. The first-order chi connectivity index (χ1) is 9.16. The number of hydrogen-bond acceptors (Lipinski definition) is 2. The lowest BCUT2D eigenvalue weighted by Gasteiger charge is -2.23. The maximum atomic E-state index is 3.67. The summed E-state index contributed by atoms with van der Waals surface area (Å²) in [5.74, 6) is 0. The second-order valence-corrected chi connectivity index (χ2v) is 6.51. The van der Waals surface area contributed by atoms with Crippen LogP contribution >= 0.6 is 15.9 Å². The van der Waals surface area contributed by atoms with E-state index in [1.54, 1.807) is 0 Å². The summed E-state index contributed by atoms with van der Waals surface area (Å²) in [5, 5.41) is 7.30. The van der Waals surface area contributed by atoms with Gasteiger partial charge in [0.1, 0.15) is 0 Å². The van der Waals surface area contributed by atoms with Crippen LogP contribution < -0.4 is 10.6 Å². The Bertz CT molecular complexity index is 398. The van der Waals surface area contributed by atoms with Gasteiger partial charge in [-0.1, -0.05) is 25.0 Å². The third kappa shape index (κ3) is 4.50. The summed E-state index contributed by atoms with van der Waals surface area (Å²) in [6, 6.07) is 7.56. The topological polar surface area (TPSA) is 24.1 Å². The number of hydrogen-bond donors (Lipinski definition) is 2. The number of halogens is 1. The van der Waals surface area contributed by atoms with Gasteiger partial charge in [0.25, 0.3) is 0 Å². The van der Waals surface area contributed by atoms with Crippen LogP contribution in [0.4, 0.5) is 5.69 Å². The van der Waals surface area contributed by atoms with E-state index in [4.69, 9.17) is 0 Å². The second-order valence-electron chi connectivity index (χ2n) is 5.72. The van der Waals surface area contributed by atoms with Crippen molar-refractivity contribution in [2.75, 3.05) is 11.9 Å². The Morgan fingerprint density at radius 2 is 2.21 bits per heavy atom. The molecule has 2 nitrogen and oxygen atoms in total. The third-order valence-electron chi connectivity index (χ3n) is 3.89. The molecule has 0 aromatic heterocycles. The summed E-state index contributed by atoms with van der Waals surface area (Å²) in [6.07, 6.45) is 6.61. The molecular formula is C16H25BrN2. The molecule has 1 aliphatic rings. The van der Waals surface area contributed by atoms with E-state index in [1.165, 1.54) is 54.4 Å². The van der Waals surface area contributed by atoms with Gasteiger partial charge >= 0.3 is 0 Å². The van der Waals surface area contributed by atoms with Gasteiger partial charge in [-0.15, -0.1) is 0 Å². The standard InChI is InChI=1S/C16H25BrN2/c1-12-7-6-9-15(16(12)17)19-13(2)11-14-8-4-3-5-10-18-14/h6-7,9,13-14,18-19H,3-5,8,10-11H2,1-2H3. The van der Waals surface area contributed by atoms with E-state index >= 15 is 0 Å². The Morgan fingerprint density at radius 1 is 1.37 bits per heavy atom. The van der Waals surface area contributed by atoms with Crippen molar-refractivity contribution in [3.8, 4) is 0 Å². The lowest BCUT2D eigenvalue weighted by atomic mass is 10.0. The highest BCUT2D eigenvalue weighted by molar-refractivity contribution is 9.10. The molecule has 0 radical (unpaired) electrons. The largest absolute Gasteiger partial charge is 0.382 e. The van der Waals surface area contributed by atoms with Gasteiger partial charge in [0.2, 0.25) is 0 Å². The van der Waals surface area contributed by atoms with Crippen LogP contribution in [0.1, 0.15) is 44.6 Å². The van der Waals surface area contributed by atoms with Gasteiger partial charge in [-0.25, -0.2) is 0 Å². The monoisotopic (exact) mass is 324 g/mol. The lowest BCUT2D eigenvalue weighted by Crippen LogP contribution is -2.33. The van der Waals surface area contributed by atoms with E-state index in [-0.39, 0.29) is 0 Å². The van der Waals surface area contributed by atoms with Gasteiger partial charge in [-0.2, -0.15) is 0 Å². The highest BCUT2D eigenvalue weighted by Gasteiger charge is 2.15. The molecular weight excluding hydrogens is 300 g/mol. The van der Waals surface area contributed by atoms with Crippen molar-refractivity contribution < 1.29 is 0 Å². The smallest absolute Gasteiger partial charge is 0.0489 e. The molecule has 1 aromatic carbocycles. The average molecular weight is 325 g/mol. The van der Waals surface area contributed by atoms with Crippen LogP contribution in [0.5, 0.6) is 0 Å². The van der Waals surface area contributed by atoms with Crippen LogP contribution in [0, 0.1) is 6.92 Å². The molecule has 1 fully saturated rings. The molecule has 106 valence electrons. The minimum absolute atomic E-state index is 0.494. The molecule has 2 atom stereocenters. The van der Waals surface area contributed by atoms with Crippen molar-refractivity contribution in [1.82, 2.24) is 5.32 Å². The lowest BCUT2D eigenvalue weighted by molar-refractivity contribution is 0.456. The van der Waals surface area contributed by atoms with Crippen molar-refractivity contribution in [1.29, 1.82) is 0 Å². The van der Waals surface area contributed by atoms with Crippen molar-refractivity contribution in [3.05, 3.63) is 28.2 Å². The number of anilines is 1. The van der Waals surface area contributed by atoms with Crippen molar-refractivity contribution >= 4 is 21.6 Å². The number of nitrogens with one attached hydrogen (secondary N) is 2. The Hall–Kier alpha value is -0.540. The van der Waals surface area contributed by atoms with Crippen molar-refractivity contribution in [3.63, 3.8) is 0 Å². The number of benzene rings is 1. The molecule has 0 aliphatic carbocycles. The molecule has 19 heavy (non-hydrogen) atoms. The summed E-state index contributed by atoms with van der Waals surface area (Å²) >= 11 is 3.67. The number of rotatable bonds is 4. The zero-order chi connectivity index (χ0) is 13.7. The zero-order valence-electron chi connectivity index (χ0n) is 12.0. The molecule has 1 heterocycles. The Labute approximate surface area is 125 Å².